The van der Waals surface area contributed by atoms with Gasteiger partial charge in [-0.3, -0.25) is 0 Å². The van der Waals surface area contributed by atoms with Crippen LogP contribution in [0.4, 0.5) is 0 Å². The van der Waals surface area contributed by atoms with E-state index in [-0.39, 0.29) is 0 Å². The van der Waals surface area contributed by atoms with Gasteiger partial charge in [-0.1, -0.05) is 84.9 Å². The summed E-state index contributed by atoms with van der Waals surface area (Å²) in [6, 6.07) is 43.3. The lowest BCUT2D eigenvalue weighted by Gasteiger charge is -2.07. The van der Waals surface area contributed by atoms with E-state index in [4.69, 9.17) is 5.10 Å². The fourth-order valence-corrected chi connectivity index (χ4v) is 4.80. The van der Waals surface area contributed by atoms with Gasteiger partial charge in [0.15, 0.2) is 0 Å². The molecule has 0 unspecified atom stereocenters. The molecule has 0 atom stereocenters. The summed E-state index contributed by atoms with van der Waals surface area (Å²) in [7, 11) is 0. The number of rotatable bonds is 2. The van der Waals surface area contributed by atoms with E-state index in [1.165, 1.54) is 38.1 Å². The first kappa shape index (κ1) is 18.2. The van der Waals surface area contributed by atoms with Crippen LogP contribution in [-0.4, -0.2) is 9.61 Å². The molecule has 0 fully saturated rings. The molecule has 0 bridgehead atoms. The van der Waals surface area contributed by atoms with Gasteiger partial charge in [0.05, 0.1) is 16.7 Å². The summed E-state index contributed by atoms with van der Waals surface area (Å²) in [5.74, 6) is 0. The lowest BCUT2D eigenvalue weighted by molar-refractivity contribution is 1.01. The number of benzene rings is 5. The van der Waals surface area contributed by atoms with E-state index < -0.39 is 0 Å². The number of hydrogen-bond donors (Lipinski definition) is 0. The highest BCUT2D eigenvalue weighted by molar-refractivity contribution is 5.93. The van der Waals surface area contributed by atoms with Gasteiger partial charge < -0.3 is 0 Å². The van der Waals surface area contributed by atoms with Crippen molar-refractivity contribution in [3.05, 3.63) is 121 Å². The first-order chi connectivity index (χ1) is 16.3. The molecule has 5 aromatic carbocycles. The normalized spacial score (nSPS) is 11.6. The molecule has 2 heteroatoms. The predicted octanol–water partition coefficient (Wildman–Crippen LogP) is 8.13. The van der Waals surface area contributed by atoms with Gasteiger partial charge in [0.1, 0.15) is 0 Å². The van der Waals surface area contributed by atoms with E-state index >= 15 is 0 Å². The van der Waals surface area contributed by atoms with Crippen molar-refractivity contribution in [2.24, 2.45) is 0 Å². The quantitative estimate of drug-likeness (QED) is 0.276. The molecular formula is C31H20N2. The zero-order valence-electron chi connectivity index (χ0n) is 17.9. The molecule has 0 amide bonds. The highest BCUT2D eigenvalue weighted by Gasteiger charge is 2.09. The number of para-hydroxylation sites is 1. The van der Waals surface area contributed by atoms with Gasteiger partial charge in [-0.2, -0.15) is 5.10 Å². The molecular weight excluding hydrogens is 400 g/mol. The summed E-state index contributed by atoms with van der Waals surface area (Å²) < 4.78 is 2.04. The summed E-state index contributed by atoms with van der Waals surface area (Å²) in [6.07, 6.45) is 0. The van der Waals surface area contributed by atoms with Crippen molar-refractivity contribution >= 4 is 38.0 Å². The monoisotopic (exact) mass is 420 g/mol. The summed E-state index contributed by atoms with van der Waals surface area (Å²) >= 11 is 0. The number of fused-ring (bicyclic) bond motifs is 5. The van der Waals surface area contributed by atoms with E-state index in [0.29, 0.717) is 0 Å². The summed E-state index contributed by atoms with van der Waals surface area (Å²) in [4.78, 5) is 0. The van der Waals surface area contributed by atoms with Crippen LogP contribution < -0.4 is 0 Å². The van der Waals surface area contributed by atoms with E-state index in [1.807, 2.05) is 4.52 Å². The van der Waals surface area contributed by atoms with Crippen LogP contribution in [0, 0.1) is 0 Å². The molecule has 0 aliphatic rings. The molecule has 0 saturated heterocycles. The molecule has 33 heavy (non-hydrogen) atoms. The average molecular weight is 421 g/mol. The van der Waals surface area contributed by atoms with E-state index in [0.717, 1.165) is 22.3 Å². The predicted molar refractivity (Wildman–Crippen MR) is 139 cm³/mol. The molecule has 0 N–H and O–H groups in total. The first-order valence-corrected chi connectivity index (χ1v) is 11.2. The molecule has 2 aromatic heterocycles. The van der Waals surface area contributed by atoms with Gasteiger partial charge >= 0.3 is 0 Å². The fraction of sp³-hybridized carbons (Fsp3) is 0. The first-order valence-electron chi connectivity index (χ1n) is 11.2. The Morgan fingerprint density at radius 3 is 1.76 bits per heavy atom. The minimum atomic E-state index is 0.992. The second-order valence-corrected chi connectivity index (χ2v) is 8.60. The Hall–Kier alpha value is -4.43. The molecule has 2 nitrogen and oxygen atoms in total. The van der Waals surface area contributed by atoms with Crippen LogP contribution in [0.5, 0.6) is 0 Å². The zero-order valence-corrected chi connectivity index (χ0v) is 17.9. The van der Waals surface area contributed by atoms with Crippen LogP contribution in [0.25, 0.3) is 60.3 Å². The third-order valence-electron chi connectivity index (χ3n) is 6.55. The summed E-state index contributed by atoms with van der Waals surface area (Å²) in [5, 5.41) is 11.1. The Labute approximate surface area is 191 Å². The van der Waals surface area contributed by atoms with Crippen molar-refractivity contribution in [3.8, 4) is 22.4 Å². The SMILES string of the molecule is c1ccc2cc(-c3ccc4cc(-c5cc6ccc7ccccc7n6n5)ccc4c3)ccc2c1. The van der Waals surface area contributed by atoms with Crippen molar-refractivity contribution in [2.75, 3.05) is 0 Å². The van der Waals surface area contributed by atoms with Crippen molar-refractivity contribution in [2.45, 2.75) is 0 Å². The van der Waals surface area contributed by atoms with Crippen molar-refractivity contribution in [3.63, 3.8) is 0 Å². The number of nitrogens with zero attached hydrogens (tertiary/aromatic N) is 2. The Morgan fingerprint density at radius 2 is 0.970 bits per heavy atom. The minimum Gasteiger partial charge on any atom is -0.232 e. The second kappa shape index (κ2) is 7.04. The Bertz CT molecular complexity index is 1820. The highest BCUT2D eigenvalue weighted by atomic mass is 15.2. The molecule has 0 aliphatic heterocycles. The second-order valence-electron chi connectivity index (χ2n) is 8.60. The summed E-state index contributed by atoms with van der Waals surface area (Å²) in [5.41, 5.74) is 6.84. The number of aromatic nitrogens is 2. The van der Waals surface area contributed by atoms with E-state index in [9.17, 15) is 0 Å². The van der Waals surface area contributed by atoms with Crippen LogP contribution in [0.15, 0.2) is 121 Å². The average Bonchev–Trinajstić information content (AvgIpc) is 3.33. The lowest BCUT2D eigenvalue weighted by Crippen LogP contribution is -1.90. The zero-order chi connectivity index (χ0) is 21.8. The summed E-state index contributed by atoms with van der Waals surface area (Å²) in [6.45, 7) is 0. The van der Waals surface area contributed by atoms with Gasteiger partial charge in [-0.25, -0.2) is 4.52 Å². The molecule has 0 radical (unpaired) electrons. The van der Waals surface area contributed by atoms with Crippen molar-refractivity contribution < 1.29 is 0 Å². The molecule has 7 rings (SSSR count). The third kappa shape index (κ3) is 3.00. The minimum absolute atomic E-state index is 0.992. The highest BCUT2D eigenvalue weighted by Crippen LogP contribution is 2.30. The Morgan fingerprint density at radius 1 is 0.424 bits per heavy atom. The molecule has 0 saturated carbocycles. The van der Waals surface area contributed by atoms with Gasteiger partial charge in [-0.05, 0) is 69.1 Å². The standard InChI is InChI=1S/C31H20N2/c1-2-7-23-17-24(10-9-21(23)5-1)25-11-12-27-19-28(14-13-26(27)18-25)30-20-29-16-15-22-6-3-4-8-31(22)33(29)32-30/h1-20H. The molecule has 0 spiro atoms. The van der Waals surface area contributed by atoms with Gasteiger partial charge in [0, 0.05) is 10.9 Å². The Kier molecular flexibility index (Phi) is 3.88. The maximum Gasteiger partial charge on any atom is 0.0934 e. The number of hydrogen-bond acceptors (Lipinski definition) is 1. The van der Waals surface area contributed by atoms with E-state index in [1.54, 1.807) is 0 Å². The fourth-order valence-electron chi connectivity index (χ4n) is 4.80. The number of pyridine rings is 1. The topological polar surface area (TPSA) is 17.3 Å². The van der Waals surface area contributed by atoms with Crippen molar-refractivity contribution in [1.29, 1.82) is 0 Å². The lowest BCUT2D eigenvalue weighted by atomic mass is 9.97. The third-order valence-corrected chi connectivity index (χ3v) is 6.55. The van der Waals surface area contributed by atoms with E-state index in [2.05, 4.69) is 121 Å². The van der Waals surface area contributed by atoms with Gasteiger partial charge in [-0.15, -0.1) is 0 Å². The smallest absolute Gasteiger partial charge is 0.0934 e. The molecule has 154 valence electrons. The van der Waals surface area contributed by atoms with Crippen LogP contribution in [-0.2, 0) is 0 Å². The van der Waals surface area contributed by atoms with Gasteiger partial charge in [0.2, 0.25) is 0 Å². The maximum absolute atomic E-state index is 4.93. The molecule has 7 aromatic rings. The molecule has 2 heterocycles. The Balaban J connectivity index is 1.31. The molecule has 0 aliphatic carbocycles. The maximum atomic E-state index is 4.93. The van der Waals surface area contributed by atoms with Crippen molar-refractivity contribution in [1.82, 2.24) is 9.61 Å². The van der Waals surface area contributed by atoms with Crippen LogP contribution >= 0.6 is 0 Å². The largest absolute Gasteiger partial charge is 0.232 e. The van der Waals surface area contributed by atoms with Crippen LogP contribution in [0.3, 0.4) is 0 Å². The van der Waals surface area contributed by atoms with Crippen LogP contribution in [0.1, 0.15) is 0 Å². The van der Waals surface area contributed by atoms with Crippen LogP contribution in [0.2, 0.25) is 0 Å². The van der Waals surface area contributed by atoms with Gasteiger partial charge in [0.25, 0.3) is 0 Å².